The summed E-state index contributed by atoms with van der Waals surface area (Å²) in [6, 6.07) is 6.77. The summed E-state index contributed by atoms with van der Waals surface area (Å²) in [6.45, 7) is 0.707. The second-order valence-electron chi connectivity index (χ2n) is 3.84. The average molecular weight is 263 g/mol. The molecule has 5 nitrogen and oxygen atoms in total. The monoisotopic (exact) mass is 263 g/mol. The first-order valence-electron chi connectivity index (χ1n) is 5.51. The zero-order valence-corrected chi connectivity index (χ0v) is 10.8. The predicted octanol–water partition coefficient (Wildman–Crippen LogP) is 2.73. The van der Waals surface area contributed by atoms with Gasteiger partial charge in [0.25, 0.3) is 5.69 Å². The lowest BCUT2D eigenvalue weighted by atomic mass is 10.2. The largest absolute Gasteiger partial charge is 0.369 e. The highest BCUT2D eigenvalue weighted by molar-refractivity contribution is 7.09. The third kappa shape index (κ3) is 2.84. The molecule has 0 amide bonds. The van der Waals surface area contributed by atoms with Crippen LogP contribution in [0.15, 0.2) is 35.8 Å². The lowest BCUT2D eigenvalue weighted by Crippen LogP contribution is -2.21. The van der Waals surface area contributed by atoms with Gasteiger partial charge in [-0.2, -0.15) is 0 Å². The minimum atomic E-state index is -0.352. The van der Waals surface area contributed by atoms with Crippen molar-refractivity contribution in [3.05, 3.63) is 51.0 Å². The lowest BCUT2D eigenvalue weighted by molar-refractivity contribution is -0.384. The molecule has 0 aliphatic carbocycles. The van der Waals surface area contributed by atoms with E-state index in [1.807, 2.05) is 23.4 Å². The Hall–Kier alpha value is -1.95. The molecule has 0 aliphatic rings. The van der Waals surface area contributed by atoms with Gasteiger partial charge in [-0.25, -0.2) is 4.98 Å². The first-order valence-corrected chi connectivity index (χ1v) is 6.39. The Labute approximate surface area is 109 Å². The van der Waals surface area contributed by atoms with Crippen LogP contribution in [-0.4, -0.2) is 23.5 Å². The van der Waals surface area contributed by atoms with E-state index in [9.17, 15) is 10.1 Å². The van der Waals surface area contributed by atoms with E-state index in [1.54, 1.807) is 29.7 Å². The third-order valence-electron chi connectivity index (χ3n) is 2.63. The van der Waals surface area contributed by atoms with Gasteiger partial charge in [0.15, 0.2) is 0 Å². The van der Waals surface area contributed by atoms with E-state index in [0.29, 0.717) is 12.2 Å². The van der Waals surface area contributed by atoms with Gasteiger partial charge >= 0.3 is 0 Å². The number of nitro groups is 1. The molecule has 0 spiro atoms. The van der Waals surface area contributed by atoms with E-state index in [-0.39, 0.29) is 10.6 Å². The molecule has 0 saturated heterocycles. The Morgan fingerprint density at radius 1 is 1.44 bits per heavy atom. The number of likely N-dealkylation sites (N-methyl/N-ethyl adjacent to an activating group) is 1. The molecule has 94 valence electrons. The number of benzene rings is 1. The number of anilines is 1. The summed E-state index contributed by atoms with van der Waals surface area (Å²) >= 11 is 1.60. The van der Waals surface area contributed by atoms with Crippen LogP contribution in [0.5, 0.6) is 0 Å². The third-order valence-corrected chi connectivity index (χ3v) is 3.47. The van der Waals surface area contributed by atoms with Gasteiger partial charge in [-0.1, -0.05) is 12.1 Å². The maximum Gasteiger partial charge on any atom is 0.292 e. The quantitative estimate of drug-likeness (QED) is 0.614. The summed E-state index contributed by atoms with van der Waals surface area (Å²) in [5, 5.41) is 13.9. The van der Waals surface area contributed by atoms with Crippen molar-refractivity contribution >= 4 is 22.7 Å². The number of hydrogen-bond donors (Lipinski definition) is 0. The molecule has 18 heavy (non-hydrogen) atoms. The number of nitrogens with zero attached hydrogens (tertiary/aromatic N) is 3. The first-order chi connectivity index (χ1) is 8.68. The Kier molecular flexibility index (Phi) is 3.88. The Balaban J connectivity index is 2.09. The smallest absolute Gasteiger partial charge is 0.292 e. The van der Waals surface area contributed by atoms with Crippen LogP contribution in [0.25, 0.3) is 0 Å². The zero-order valence-electron chi connectivity index (χ0n) is 9.94. The Bertz CT molecular complexity index is 528. The van der Waals surface area contributed by atoms with Gasteiger partial charge in [0.1, 0.15) is 5.69 Å². The number of rotatable bonds is 5. The molecular weight excluding hydrogens is 250 g/mol. The van der Waals surface area contributed by atoms with Crippen molar-refractivity contribution in [3.63, 3.8) is 0 Å². The van der Waals surface area contributed by atoms with Crippen LogP contribution in [0, 0.1) is 10.1 Å². The van der Waals surface area contributed by atoms with Crippen molar-refractivity contribution in [1.82, 2.24) is 4.98 Å². The van der Waals surface area contributed by atoms with Crippen molar-refractivity contribution in [2.75, 3.05) is 18.5 Å². The fourth-order valence-corrected chi connectivity index (χ4v) is 2.31. The van der Waals surface area contributed by atoms with E-state index in [0.717, 1.165) is 11.4 Å². The van der Waals surface area contributed by atoms with Crippen LogP contribution in [0.1, 0.15) is 5.01 Å². The minimum Gasteiger partial charge on any atom is -0.369 e. The molecule has 0 atom stereocenters. The molecule has 1 heterocycles. The van der Waals surface area contributed by atoms with Gasteiger partial charge in [0.05, 0.1) is 9.93 Å². The van der Waals surface area contributed by atoms with Crippen molar-refractivity contribution in [2.45, 2.75) is 6.42 Å². The van der Waals surface area contributed by atoms with E-state index in [2.05, 4.69) is 4.98 Å². The second kappa shape index (κ2) is 5.59. The Morgan fingerprint density at radius 3 is 2.89 bits per heavy atom. The molecule has 2 aromatic rings. The van der Waals surface area contributed by atoms with Crippen LogP contribution < -0.4 is 4.90 Å². The highest BCUT2D eigenvalue weighted by Gasteiger charge is 2.15. The summed E-state index contributed by atoms with van der Waals surface area (Å²) in [5.74, 6) is 0. The van der Waals surface area contributed by atoms with Crippen molar-refractivity contribution in [2.24, 2.45) is 0 Å². The van der Waals surface area contributed by atoms with Crippen molar-refractivity contribution in [3.8, 4) is 0 Å². The summed E-state index contributed by atoms with van der Waals surface area (Å²) in [6.07, 6.45) is 2.56. The summed E-state index contributed by atoms with van der Waals surface area (Å²) in [5.41, 5.74) is 0.776. The molecule has 0 N–H and O–H groups in total. The maximum atomic E-state index is 10.9. The van der Waals surface area contributed by atoms with Gasteiger partial charge in [-0.3, -0.25) is 10.1 Å². The fraction of sp³-hybridized carbons (Fsp3) is 0.250. The van der Waals surface area contributed by atoms with Crippen molar-refractivity contribution in [1.29, 1.82) is 0 Å². The van der Waals surface area contributed by atoms with Crippen LogP contribution in [0.4, 0.5) is 11.4 Å². The molecule has 1 aromatic heterocycles. The molecule has 6 heteroatoms. The van der Waals surface area contributed by atoms with E-state index >= 15 is 0 Å². The zero-order chi connectivity index (χ0) is 13.0. The van der Waals surface area contributed by atoms with Gasteiger partial charge in [0, 0.05) is 37.7 Å². The fourth-order valence-electron chi connectivity index (χ4n) is 1.70. The molecule has 0 bridgehead atoms. The van der Waals surface area contributed by atoms with Gasteiger partial charge in [-0.05, 0) is 6.07 Å². The summed E-state index contributed by atoms with van der Waals surface area (Å²) < 4.78 is 0. The van der Waals surface area contributed by atoms with Crippen LogP contribution in [-0.2, 0) is 6.42 Å². The number of aromatic nitrogens is 1. The normalized spacial score (nSPS) is 10.3. The second-order valence-corrected chi connectivity index (χ2v) is 4.82. The summed E-state index contributed by atoms with van der Waals surface area (Å²) in [7, 11) is 1.86. The minimum absolute atomic E-state index is 0.138. The maximum absolute atomic E-state index is 10.9. The lowest BCUT2D eigenvalue weighted by Gasteiger charge is -2.18. The standard InChI is InChI=1S/C12H13N3O2S/c1-14(8-6-12-13-7-9-18-12)10-4-2-3-5-11(10)15(16)17/h2-5,7,9H,6,8H2,1H3. The molecule has 1 aromatic carbocycles. The molecular formula is C12H13N3O2S. The molecule has 0 saturated carbocycles. The molecule has 0 fully saturated rings. The molecule has 0 radical (unpaired) electrons. The van der Waals surface area contributed by atoms with Crippen LogP contribution in [0.3, 0.4) is 0 Å². The average Bonchev–Trinajstić information content (AvgIpc) is 2.89. The number of para-hydroxylation sites is 2. The number of nitro benzene ring substituents is 1. The summed E-state index contributed by atoms with van der Waals surface area (Å²) in [4.78, 5) is 16.7. The Morgan fingerprint density at radius 2 is 2.22 bits per heavy atom. The SMILES string of the molecule is CN(CCc1nccs1)c1ccccc1[N+](=O)[O-]. The van der Waals surface area contributed by atoms with Crippen LogP contribution in [0.2, 0.25) is 0 Å². The predicted molar refractivity (Wildman–Crippen MR) is 72.2 cm³/mol. The highest BCUT2D eigenvalue weighted by atomic mass is 32.1. The number of thiazole rings is 1. The highest BCUT2D eigenvalue weighted by Crippen LogP contribution is 2.26. The topological polar surface area (TPSA) is 59.3 Å². The van der Waals surface area contributed by atoms with Crippen LogP contribution >= 0.6 is 11.3 Å². The van der Waals surface area contributed by atoms with E-state index < -0.39 is 0 Å². The van der Waals surface area contributed by atoms with E-state index in [1.165, 1.54) is 6.07 Å². The molecule has 0 unspecified atom stereocenters. The van der Waals surface area contributed by atoms with Gasteiger partial charge < -0.3 is 4.90 Å². The van der Waals surface area contributed by atoms with E-state index in [4.69, 9.17) is 0 Å². The molecule has 0 aliphatic heterocycles. The van der Waals surface area contributed by atoms with Gasteiger partial charge in [0.2, 0.25) is 0 Å². The van der Waals surface area contributed by atoms with Gasteiger partial charge in [-0.15, -0.1) is 11.3 Å². The molecule has 2 rings (SSSR count). The first kappa shape index (κ1) is 12.5. The number of hydrogen-bond acceptors (Lipinski definition) is 5. The van der Waals surface area contributed by atoms with Crippen molar-refractivity contribution < 1.29 is 4.92 Å².